The average Bonchev–Trinajstić information content (AvgIpc) is 3.19. The predicted octanol–water partition coefficient (Wildman–Crippen LogP) is 3.90. The zero-order valence-electron chi connectivity index (χ0n) is 12.9. The molecular weight excluding hydrogens is 308 g/mol. The van der Waals surface area contributed by atoms with Crippen LogP contribution in [0.3, 0.4) is 0 Å². The minimum absolute atomic E-state index is 0.195. The van der Waals surface area contributed by atoms with Crippen LogP contribution in [0.5, 0.6) is 0 Å². The maximum absolute atomic E-state index is 9.06. The summed E-state index contributed by atoms with van der Waals surface area (Å²) in [6, 6.07) is 14.1. The van der Waals surface area contributed by atoms with Crippen molar-refractivity contribution in [2.45, 2.75) is 30.8 Å². The minimum atomic E-state index is -0.195. The van der Waals surface area contributed by atoms with E-state index in [-0.39, 0.29) is 5.25 Å². The monoisotopic (exact) mass is 324 g/mol. The van der Waals surface area contributed by atoms with Crippen molar-refractivity contribution in [2.24, 2.45) is 0 Å². The maximum atomic E-state index is 9.06. The molecule has 1 atom stereocenters. The molecule has 5 nitrogen and oxygen atoms in total. The van der Waals surface area contributed by atoms with E-state index in [0.717, 1.165) is 22.7 Å². The topological polar surface area (TPSA) is 67.6 Å². The molecule has 23 heavy (non-hydrogen) atoms. The molecule has 3 aromatic rings. The third kappa shape index (κ3) is 3.30. The van der Waals surface area contributed by atoms with E-state index in [1.165, 1.54) is 11.8 Å². The van der Waals surface area contributed by atoms with Crippen molar-refractivity contribution in [2.75, 3.05) is 0 Å². The highest BCUT2D eigenvalue weighted by Gasteiger charge is 2.18. The first-order valence-corrected chi connectivity index (χ1v) is 8.15. The van der Waals surface area contributed by atoms with Crippen molar-refractivity contribution in [3.63, 3.8) is 0 Å². The molecule has 0 spiro atoms. The van der Waals surface area contributed by atoms with Crippen LogP contribution in [0.1, 0.15) is 18.2 Å². The molecule has 0 saturated carbocycles. The van der Waals surface area contributed by atoms with E-state index in [9.17, 15) is 0 Å². The number of aryl methyl sites for hydroxylation is 1. The lowest BCUT2D eigenvalue weighted by Gasteiger charge is -2.10. The number of aromatic nitrogens is 3. The van der Waals surface area contributed by atoms with Crippen LogP contribution >= 0.6 is 11.8 Å². The second-order valence-corrected chi connectivity index (χ2v) is 6.48. The van der Waals surface area contributed by atoms with Crippen LogP contribution in [-0.4, -0.2) is 20.0 Å². The molecule has 2 aromatic heterocycles. The van der Waals surface area contributed by atoms with Gasteiger partial charge in [-0.3, -0.25) is 4.57 Å². The molecule has 0 bridgehead atoms. The van der Waals surface area contributed by atoms with Gasteiger partial charge in [0.05, 0.1) is 24.1 Å². The molecule has 116 valence electrons. The Morgan fingerprint density at radius 3 is 2.78 bits per heavy atom. The van der Waals surface area contributed by atoms with Crippen molar-refractivity contribution < 1.29 is 4.42 Å². The first kappa shape index (κ1) is 15.4. The van der Waals surface area contributed by atoms with E-state index in [1.54, 1.807) is 6.26 Å². The molecule has 3 rings (SSSR count). The van der Waals surface area contributed by atoms with Gasteiger partial charge in [0, 0.05) is 5.56 Å². The first-order valence-electron chi connectivity index (χ1n) is 7.27. The van der Waals surface area contributed by atoms with E-state index in [0.29, 0.717) is 11.7 Å². The van der Waals surface area contributed by atoms with Crippen LogP contribution in [0.15, 0.2) is 52.2 Å². The van der Waals surface area contributed by atoms with Crippen LogP contribution in [-0.2, 0) is 6.54 Å². The van der Waals surface area contributed by atoms with Gasteiger partial charge in [0.2, 0.25) is 0 Å². The Bertz CT molecular complexity index is 833. The molecule has 1 aromatic carbocycles. The summed E-state index contributed by atoms with van der Waals surface area (Å²) in [6.45, 7) is 4.43. The lowest BCUT2D eigenvalue weighted by Crippen LogP contribution is -2.05. The fraction of sp³-hybridized carbons (Fsp3) is 0.235. The molecule has 0 aliphatic rings. The van der Waals surface area contributed by atoms with Gasteiger partial charge in [0.1, 0.15) is 5.76 Å². The van der Waals surface area contributed by atoms with E-state index in [2.05, 4.69) is 16.3 Å². The normalized spacial score (nSPS) is 12.0. The highest BCUT2D eigenvalue weighted by Crippen LogP contribution is 2.29. The summed E-state index contributed by atoms with van der Waals surface area (Å²) in [7, 11) is 0. The minimum Gasteiger partial charge on any atom is -0.467 e. The molecular formula is C17H16N4OS. The number of nitrogens with zero attached hydrogens (tertiary/aromatic N) is 4. The highest BCUT2D eigenvalue weighted by atomic mass is 32.2. The van der Waals surface area contributed by atoms with Gasteiger partial charge in [-0.1, -0.05) is 36.0 Å². The molecule has 0 amide bonds. The fourth-order valence-electron chi connectivity index (χ4n) is 2.28. The van der Waals surface area contributed by atoms with Crippen molar-refractivity contribution in [1.82, 2.24) is 14.8 Å². The Hall–Kier alpha value is -2.52. The molecule has 0 aliphatic heterocycles. The van der Waals surface area contributed by atoms with E-state index >= 15 is 0 Å². The zero-order chi connectivity index (χ0) is 16.2. The molecule has 1 unspecified atom stereocenters. The van der Waals surface area contributed by atoms with Crippen LogP contribution in [0, 0.1) is 18.3 Å². The maximum Gasteiger partial charge on any atom is 0.193 e. The van der Waals surface area contributed by atoms with Crippen LogP contribution in [0.25, 0.3) is 11.4 Å². The van der Waals surface area contributed by atoms with Crippen LogP contribution in [0.2, 0.25) is 0 Å². The van der Waals surface area contributed by atoms with E-state index in [4.69, 9.17) is 9.68 Å². The standard InChI is InChI=1S/C17H16N4OS/c1-12-6-3-4-8-15(12)16-19-20-17(23-13(2)10-18)21(16)11-14-7-5-9-22-14/h3-9,13H,11H2,1-2H3. The Balaban J connectivity index is 2.05. The summed E-state index contributed by atoms with van der Waals surface area (Å²) in [5, 5.41) is 18.2. The lowest BCUT2D eigenvalue weighted by molar-refractivity contribution is 0.485. The molecule has 0 radical (unpaired) electrons. The summed E-state index contributed by atoms with van der Waals surface area (Å²) in [5.74, 6) is 1.61. The van der Waals surface area contributed by atoms with Crippen molar-refractivity contribution in [1.29, 1.82) is 5.26 Å². The second-order valence-electron chi connectivity index (χ2n) is 5.18. The molecule has 0 fully saturated rings. The zero-order valence-corrected chi connectivity index (χ0v) is 13.7. The van der Waals surface area contributed by atoms with Gasteiger partial charge in [0.15, 0.2) is 11.0 Å². The molecule has 0 aliphatic carbocycles. The van der Waals surface area contributed by atoms with E-state index < -0.39 is 0 Å². The number of furan rings is 1. The molecule has 0 saturated heterocycles. The third-order valence-corrected chi connectivity index (χ3v) is 4.43. The highest BCUT2D eigenvalue weighted by molar-refractivity contribution is 8.00. The number of benzene rings is 1. The largest absolute Gasteiger partial charge is 0.467 e. The number of hydrogen-bond acceptors (Lipinski definition) is 5. The van der Waals surface area contributed by atoms with Gasteiger partial charge in [0.25, 0.3) is 0 Å². The molecule has 2 heterocycles. The summed E-state index contributed by atoms with van der Waals surface area (Å²) >= 11 is 1.40. The summed E-state index contributed by atoms with van der Waals surface area (Å²) < 4.78 is 7.46. The number of thioether (sulfide) groups is 1. The Labute approximate surface area is 139 Å². The van der Waals surface area contributed by atoms with Gasteiger partial charge in [-0.05, 0) is 31.5 Å². The Morgan fingerprint density at radius 1 is 1.26 bits per heavy atom. The van der Waals surface area contributed by atoms with Gasteiger partial charge < -0.3 is 4.42 Å². The number of hydrogen-bond donors (Lipinski definition) is 0. The third-order valence-electron chi connectivity index (χ3n) is 3.46. The number of nitriles is 1. The van der Waals surface area contributed by atoms with Gasteiger partial charge in [-0.25, -0.2) is 0 Å². The summed E-state index contributed by atoms with van der Waals surface area (Å²) in [5.41, 5.74) is 2.16. The first-order chi connectivity index (χ1) is 11.2. The van der Waals surface area contributed by atoms with Crippen LogP contribution in [0.4, 0.5) is 0 Å². The number of rotatable bonds is 5. The summed E-state index contributed by atoms with van der Waals surface area (Å²) in [4.78, 5) is 0. The SMILES string of the molecule is Cc1ccccc1-c1nnc(SC(C)C#N)n1Cc1ccco1. The second kappa shape index (κ2) is 6.71. The Kier molecular flexibility index (Phi) is 4.49. The van der Waals surface area contributed by atoms with Gasteiger partial charge >= 0.3 is 0 Å². The van der Waals surface area contributed by atoms with Crippen LogP contribution < -0.4 is 0 Å². The van der Waals surface area contributed by atoms with Crippen molar-refractivity contribution >= 4 is 11.8 Å². The van der Waals surface area contributed by atoms with Crippen molar-refractivity contribution in [3.05, 3.63) is 54.0 Å². The molecule has 0 N–H and O–H groups in total. The quantitative estimate of drug-likeness (QED) is 0.666. The van der Waals surface area contributed by atoms with Gasteiger partial charge in [-0.2, -0.15) is 5.26 Å². The summed E-state index contributed by atoms with van der Waals surface area (Å²) in [6.07, 6.45) is 1.65. The molecule has 6 heteroatoms. The lowest BCUT2D eigenvalue weighted by atomic mass is 10.1. The predicted molar refractivity (Wildman–Crippen MR) is 88.9 cm³/mol. The fourth-order valence-corrected chi connectivity index (χ4v) is 3.02. The Morgan fingerprint density at radius 2 is 2.09 bits per heavy atom. The average molecular weight is 324 g/mol. The van der Waals surface area contributed by atoms with E-state index in [1.807, 2.05) is 54.8 Å². The van der Waals surface area contributed by atoms with Gasteiger partial charge in [-0.15, -0.1) is 10.2 Å². The van der Waals surface area contributed by atoms with Crippen molar-refractivity contribution in [3.8, 4) is 17.5 Å². The smallest absolute Gasteiger partial charge is 0.193 e.